The molecule has 7 heteroatoms. The maximum absolute atomic E-state index is 5.88. The van der Waals surface area contributed by atoms with Crippen molar-refractivity contribution in [1.82, 2.24) is 15.5 Å². The second-order valence-corrected chi connectivity index (χ2v) is 6.53. The van der Waals surface area contributed by atoms with Crippen LogP contribution in [0.2, 0.25) is 0 Å². The van der Waals surface area contributed by atoms with Gasteiger partial charge in [-0.15, -0.1) is 0 Å². The molecule has 2 saturated heterocycles. The minimum atomic E-state index is 0.379. The van der Waals surface area contributed by atoms with Gasteiger partial charge < -0.3 is 24.8 Å². The molecular formula is C18H36N4O3. The van der Waals surface area contributed by atoms with Gasteiger partial charge in [0.2, 0.25) is 0 Å². The normalized spacial score (nSPS) is 20.6. The van der Waals surface area contributed by atoms with Gasteiger partial charge in [0.15, 0.2) is 5.96 Å². The van der Waals surface area contributed by atoms with Gasteiger partial charge in [-0.3, -0.25) is 9.89 Å². The first-order valence-electron chi connectivity index (χ1n) is 9.90. The third-order valence-electron chi connectivity index (χ3n) is 4.49. The van der Waals surface area contributed by atoms with Crippen molar-refractivity contribution in [1.29, 1.82) is 0 Å². The second kappa shape index (κ2) is 13.3. The van der Waals surface area contributed by atoms with Crippen molar-refractivity contribution < 1.29 is 14.2 Å². The van der Waals surface area contributed by atoms with E-state index < -0.39 is 0 Å². The Bertz CT molecular complexity index is 356. The fraction of sp³-hybridized carbons (Fsp3) is 0.944. The molecule has 0 aromatic rings. The van der Waals surface area contributed by atoms with Crippen molar-refractivity contribution in [2.45, 2.75) is 38.7 Å². The number of nitrogens with one attached hydrogen (secondary N) is 2. The van der Waals surface area contributed by atoms with Gasteiger partial charge in [-0.25, -0.2) is 0 Å². The zero-order valence-corrected chi connectivity index (χ0v) is 15.8. The fourth-order valence-corrected chi connectivity index (χ4v) is 3.02. The lowest BCUT2D eigenvalue weighted by Crippen LogP contribution is -2.40. The highest BCUT2D eigenvalue weighted by Gasteiger charge is 2.13. The molecule has 0 atom stereocenters. The first-order chi connectivity index (χ1) is 12.4. The van der Waals surface area contributed by atoms with Gasteiger partial charge in [0.25, 0.3) is 0 Å². The predicted molar refractivity (Wildman–Crippen MR) is 100 cm³/mol. The largest absolute Gasteiger partial charge is 0.381 e. The molecule has 0 radical (unpaired) electrons. The molecule has 0 spiro atoms. The molecule has 0 aromatic heterocycles. The van der Waals surface area contributed by atoms with Crippen LogP contribution in [-0.4, -0.2) is 89.3 Å². The van der Waals surface area contributed by atoms with Crippen LogP contribution < -0.4 is 10.6 Å². The van der Waals surface area contributed by atoms with E-state index in [0.29, 0.717) is 6.10 Å². The molecule has 2 heterocycles. The summed E-state index contributed by atoms with van der Waals surface area (Å²) in [5.41, 5.74) is 0. The highest BCUT2D eigenvalue weighted by Crippen LogP contribution is 2.10. The molecule has 2 fully saturated rings. The van der Waals surface area contributed by atoms with Gasteiger partial charge in [-0.2, -0.15) is 0 Å². The maximum Gasteiger partial charge on any atom is 0.191 e. The number of nitrogens with zero attached hydrogens (tertiary/aromatic N) is 2. The Morgan fingerprint density at radius 3 is 2.60 bits per heavy atom. The first-order valence-corrected chi connectivity index (χ1v) is 9.90. The van der Waals surface area contributed by atoms with E-state index in [0.717, 1.165) is 104 Å². The number of guanidine groups is 1. The summed E-state index contributed by atoms with van der Waals surface area (Å²) in [5, 5.41) is 6.73. The minimum absolute atomic E-state index is 0.379. The maximum atomic E-state index is 5.88. The van der Waals surface area contributed by atoms with Crippen LogP contribution in [0.3, 0.4) is 0 Å². The van der Waals surface area contributed by atoms with Gasteiger partial charge in [-0.05, 0) is 39.2 Å². The standard InChI is InChI=1S/C18H36N4O3/c1-2-19-18(20-7-3-9-22-10-15-24-16-11-22)21-8-4-12-25-17-5-13-23-14-6-17/h17H,2-16H2,1H3,(H2,19,20,21). The third-order valence-corrected chi connectivity index (χ3v) is 4.49. The zero-order valence-electron chi connectivity index (χ0n) is 15.8. The van der Waals surface area contributed by atoms with Crippen molar-refractivity contribution in [3.8, 4) is 0 Å². The Kier molecular flexibility index (Phi) is 10.9. The molecule has 2 rings (SSSR count). The Morgan fingerprint density at radius 2 is 1.84 bits per heavy atom. The SMILES string of the molecule is CCNC(=NCCCOC1CCOCC1)NCCCN1CCOCC1. The zero-order chi connectivity index (χ0) is 17.6. The average molecular weight is 357 g/mol. The molecule has 0 saturated carbocycles. The number of hydrogen-bond acceptors (Lipinski definition) is 5. The van der Waals surface area contributed by atoms with E-state index in [-0.39, 0.29) is 0 Å². The van der Waals surface area contributed by atoms with Gasteiger partial charge >= 0.3 is 0 Å². The van der Waals surface area contributed by atoms with Crippen LogP contribution in [0.25, 0.3) is 0 Å². The van der Waals surface area contributed by atoms with Crippen molar-refractivity contribution in [3.63, 3.8) is 0 Å². The van der Waals surface area contributed by atoms with E-state index in [1.165, 1.54) is 0 Å². The summed E-state index contributed by atoms with van der Waals surface area (Å²) in [7, 11) is 0. The number of hydrogen-bond donors (Lipinski definition) is 2. The first kappa shape index (κ1) is 20.4. The van der Waals surface area contributed by atoms with Crippen LogP contribution in [0.4, 0.5) is 0 Å². The highest BCUT2D eigenvalue weighted by molar-refractivity contribution is 5.79. The van der Waals surface area contributed by atoms with Crippen LogP contribution in [0, 0.1) is 0 Å². The molecule has 2 aliphatic rings. The Balaban J connectivity index is 1.52. The van der Waals surface area contributed by atoms with E-state index in [9.17, 15) is 0 Å². The lowest BCUT2D eigenvalue weighted by atomic mass is 10.1. The van der Waals surface area contributed by atoms with Crippen molar-refractivity contribution >= 4 is 5.96 Å². The minimum Gasteiger partial charge on any atom is -0.381 e. The van der Waals surface area contributed by atoms with Crippen LogP contribution >= 0.6 is 0 Å². The van der Waals surface area contributed by atoms with Crippen LogP contribution in [0.1, 0.15) is 32.6 Å². The smallest absolute Gasteiger partial charge is 0.191 e. The van der Waals surface area contributed by atoms with Crippen LogP contribution in [-0.2, 0) is 14.2 Å². The van der Waals surface area contributed by atoms with Gasteiger partial charge in [0, 0.05) is 52.5 Å². The summed E-state index contributed by atoms with van der Waals surface area (Å²) in [5.74, 6) is 0.913. The molecule has 0 aromatic carbocycles. The molecule has 25 heavy (non-hydrogen) atoms. The number of ether oxygens (including phenoxy) is 3. The number of rotatable bonds is 10. The van der Waals surface area contributed by atoms with Crippen molar-refractivity contribution in [3.05, 3.63) is 0 Å². The Hall–Kier alpha value is -0.890. The summed E-state index contributed by atoms with van der Waals surface area (Å²) < 4.78 is 16.6. The Labute approximate surface area is 152 Å². The number of morpholine rings is 1. The van der Waals surface area contributed by atoms with E-state index in [1.54, 1.807) is 0 Å². The summed E-state index contributed by atoms with van der Waals surface area (Å²) in [6.45, 7) is 12.1. The van der Waals surface area contributed by atoms with Crippen molar-refractivity contribution in [2.24, 2.45) is 4.99 Å². The second-order valence-electron chi connectivity index (χ2n) is 6.53. The summed E-state index contributed by atoms with van der Waals surface area (Å²) in [6.07, 6.45) is 4.51. The van der Waals surface area contributed by atoms with Gasteiger partial charge in [0.05, 0.1) is 19.3 Å². The molecule has 0 unspecified atom stereocenters. The Morgan fingerprint density at radius 1 is 1.08 bits per heavy atom. The monoisotopic (exact) mass is 356 g/mol. The third kappa shape index (κ3) is 9.39. The van der Waals surface area contributed by atoms with Crippen LogP contribution in [0.15, 0.2) is 4.99 Å². The van der Waals surface area contributed by atoms with Gasteiger partial charge in [-0.1, -0.05) is 0 Å². The lowest BCUT2D eigenvalue weighted by molar-refractivity contribution is -0.0318. The molecule has 146 valence electrons. The van der Waals surface area contributed by atoms with E-state index in [4.69, 9.17) is 14.2 Å². The highest BCUT2D eigenvalue weighted by atomic mass is 16.5. The quantitative estimate of drug-likeness (QED) is 0.344. The van der Waals surface area contributed by atoms with Crippen LogP contribution in [0.5, 0.6) is 0 Å². The lowest BCUT2D eigenvalue weighted by Gasteiger charge is -2.26. The molecular weight excluding hydrogens is 320 g/mol. The summed E-state index contributed by atoms with van der Waals surface area (Å²) in [4.78, 5) is 7.10. The molecule has 0 amide bonds. The number of aliphatic imine (C=N–C) groups is 1. The topological polar surface area (TPSA) is 67.4 Å². The van der Waals surface area contributed by atoms with E-state index in [2.05, 4.69) is 27.4 Å². The molecule has 2 aliphatic heterocycles. The van der Waals surface area contributed by atoms with Gasteiger partial charge in [0.1, 0.15) is 0 Å². The summed E-state index contributed by atoms with van der Waals surface area (Å²) >= 11 is 0. The van der Waals surface area contributed by atoms with E-state index >= 15 is 0 Å². The van der Waals surface area contributed by atoms with Crippen molar-refractivity contribution in [2.75, 3.05) is 72.3 Å². The predicted octanol–water partition coefficient (Wildman–Crippen LogP) is 0.850. The molecule has 7 nitrogen and oxygen atoms in total. The summed E-state index contributed by atoms with van der Waals surface area (Å²) in [6, 6.07) is 0. The fourth-order valence-electron chi connectivity index (χ4n) is 3.02. The molecule has 0 aliphatic carbocycles. The van der Waals surface area contributed by atoms with E-state index in [1.807, 2.05) is 0 Å². The average Bonchev–Trinajstić information content (AvgIpc) is 2.66. The molecule has 2 N–H and O–H groups in total. The molecule has 0 bridgehead atoms.